The van der Waals surface area contributed by atoms with Gasteiger partial charge in [0.15, 0.2) is 0 Å². The number of nitrogens with zero attached hydrogens (tertiary/aromatic N) is 2. The van der Waals surface area contributed by atoms with Crippen LogP contribution in [0.4, 0.5) is 5.69 Å². The minimum atomic E-state index is 0.484. The Balaban J connectivity index is 1.91. The van der Waals surface area contributed by atoms with Gasteiger partial charge < -0.3 is 15.0 Å². The van der Waals surface area contributed by atoms with E-state index in [1.54, 1.807) is 0 Å². The van der Waals surface area contributed by atoms with Crippen LogP contribution in [0.5, 0.6) is 0 Å². The number of ether oxygens (including phenoxy) is 1. The lowest BCUT2D eigenvalue weighted by Crippen LogP contribution is -2.31. The first kappa shape index (κ1) is 15.3. The average molecular weight is 277 g/mol. The normalized spacial score (nSPS) is 19.3. The molecule has 0 bridgehead atoms. The van der Waals surface area contributed by atoms with Crippen LogP contribution < -0.4 is 10.2 Å². The molecule has 0 aliphatic carbocycles. The summed E-state index contributed by atoms with van der Waals surface area (Å²) in [5.41, 5.74) is 2.34. The molecule has 0 spiro atoms. The van der Waals surface area contributed by atoms with Gasteiger partial charge in [-0.2, -0.15) is 0 Å². The van der Waals surface area contributed by atoms with Crippen LogP contribution in [0, 0.1) is 5.92 Å². The van der Waals surface area contributed by atoms with Crippen LogP contribution in [-0.2, 0) is 11.3 Å². The molecule has 1 saturated heterocycles. The van der Waals surface area contributed by atoms with E-state index in [9.17, 15) is 0 Å². The molecule has 1 aromatic rings. The summed E-state index contributed by atoms with van der Waals surface area (Å²) in [6, 6.07) is 4.75. The fraction of sp³-hybridized carbons (Fsp3) is 0.688. The predicted molar refractivity (Wildman–Crippen MR) is 83.0 cm³/mol. The molecule has 4 heteroatoms. The van der Waals surface area contributed by atoms with Crippen molar-refractivity contribution in [1.29, 1.82) is 0 Å². The second kappa shape index (κ2) is 7.60. The molecule has 20 heavy (non-hydrogen) atoms. The van der Waals surface area contributed by atoms with E-state index in [-0.39, 0.29) is 0 Å². The molecule has 0 radical (unpaired) electrons. The number of rotatable bonds is 6. The maximum Gasteiger partial charge on any atom is 0.0562 e. The van der Waals surface area contributed by atoms with Gasteiger partial charge in [-0.1, -0.05) is 13.8 Å². The van der Waals surface area contributed by atoms with Gasteiger partial charge in [0, 0.05) is 44.7 Å². The molecule has 1 aliphatic heterocycles. The Hall–Kier alpha value is -1.13. The molecule has 1 aromatic heterocycles. The Morgan fingerprint density at radius 3 is 3.05 bits per heavy atom. The van der Waals surface area contributed by atoms with Crippen molar-refractivity contribution in [3.63, 3.8) is 0 Å². The summed E-state index contributed by atoms with van der Waals surface area (Å²) in [6.45, 7) is 8.02. The summed E-state index contributed by atoms with van der Waals surface area (Å²) in [5.74, 6) is 0.652. The summed E-state index contributed by atoms with van der Waals surface area (Å²) >= 11 is 0. The topological polar surface area (TPSA) is 37.4 Å². The van der Waals surface area contributed by atoms with Crippen molar-refractivity contribution in [1.82, 2.24) is 10.3 Å². The SMILES string of the molecule is CC(C)NCc1cc(N(C)CC2CCCOC2)ccn1. The quantitative estimate of drug-likeness (QED) is 0.866. The van der Waals surface area contributed by atoms with E-state index >= 15 is 0 Å². The Morgan fingerprint density at radius 1 is 1.50 bits per heavy atom. The van der Waals surface area contributed by atoms with Crippen molar-refractivity contribution >= 4 is 5.69 Å². The Kier molecular flexibility index (Phi) is 5.80. The van der Waals surface area contributed by atoms with Crippen LogP contribution in [0.3, 0.4) is 0 Å². The maximum absolute atomic E-state index is 5.56. The van der Waals surface area contributed by atoms with E-state index in [2.05, 4.69) is 48.2 Å². The number of aromatic nitrogens is 1. The van der Waals surface area contributed by atoms with Crippen molar-refractivity contribution in [3.05, 3.63) is 24.0 Å². The minimum absolute atomic E-state index is 0.484. The molecule has 2 rings (SSSR count). The van der Waals surface area contributed by atoms with Crippen molar-refractivity contribution in [2.75, 3.05) is 31.7 Å². The highest BCUT2D eigenvalue weighted by molar-refractivity contribution is 5.45. The molecule has 1 N–H and O–H groups in total. The van der Waals surface area contributed by atoms with Gasteiger partial charge in [-0.25, -0.2) is 0 Å². The first-order valence-corrected chi connectivity index (χ1v) is 7.62. The van der Waals surface area contributed by atoms with Gasteiger partial charge in [-0.15, -0.1) is 0 Å². The summed E-state index contributed by atoms with van der Waals surface area (Å²) < 4.78 is 5.56. The zero-order valence-electron chi connectivity index (χ0n) is 12.9. The molecular formula is C16H27N3O. The summed E-state index contributed by atoms with van der Waals surface area (Å²) in [7, 11) is 2.16. The molecule has 4 nitrogen and oxygen atoms in total. The monoisotopic (exact) mass is 277 g/mol. The van der Waals surface area contributed by atoms with Gasteiger partial charge in [0.2, 0.25) is 0 Å². The molecule has 0 saturated carbocycles. The highest BCUT2D eigenvalue weighted by atomic mass is 16.5. The van der Waals surface area contributed by atoms with Crippen LogP contribution in [0.1, 0.15) is 32.4 Å². The molecule has 0 aromatic carbocycles. The van der Waals surface area contributed by atoms with Gasteiger partial charge in [0.05, 0.1) is 12.3 Å². The molecule has 1 fully saturated rings. The van der Waals surface area contributed by atoms with Crippen LogP contribution in [0.25, 0.3) is 0 Å². The van der Waals surface area contributed by atoms with E-state index in [0.29, 0.717) is 12.0 Å². The van der Waals surface area contributed by atoms with Crippen LogP contribution in [0.2, 0.25) is 0 Å². The van der Waals surface area contributed by atoms with Gasteiger partial charge in [0.25, 0.3) is 0 Å². The first-order valence-electron chi connectivity index (χ1n) is 7.62. The zero-order chi connectivity index (χ0) is 14.4. The summed E-state index contributed by atoms with van der Waals surface area (Å²) in [4.78, 5) is 6.75. The van der Waals surface area contributed by atoms with E-state index in [1.165, 1.54) is 18.5 Å². The third-order valence-corrected chi connectivity index (χ3v) is 3.72. The highest BCUT2D eigenvalue weighted by Crippen LogP contribution is 2.19. The van der Waals surface area contributed by atoms with Crippen LogP contribution >= 0.6 is 0 Å². The Bertz CT molecular complexity index is 402. The van der Waals surface area contributed by atoms with Gasteiger partial charge >= 0.3 is 0 Å². The van der Waals surface area contributed by atoms with Crippen LogP contribution in [-0.4, -0.2) is 37.8 Å². The van der Waals surface area contributed by atoms with Gasteiger partial charge in [0.1, 0.15) is 0 Å². The number of nitrogens with one attached hydrogen (secondary N) is 1. The van der Waals surface area contributed by atoms with E-state index < -0.39 is 0 Å². The van der Waals surface area contributed by atoms with Crippen molar-refractivity contribution in [2.45, 2.75) is 39.3 Å². The maximum atomic E-state index is 5.56. The second-order valence-electron chi connectivity index (χ2n) is 6.00. The number of anilines is 1. The van der Waals surface area contributed by atoms with E-state index in [4.69, 9.17) is 4.74 Å². The lowest BCUT2D eigenvalue weighted by atomic mass is 10.0. The van der Waals surface area contributed by atoms with Gasteiger partial charge in [-0.05, 0) is 30.9 Å². The lowest BCUT2D eigenvalue weighted by Gasteiger charge is -2.28. The second-order valence-corrected chi connectivity index (χ2v) is 6.00. The lowest BCUT2D eigenvalue weighted by molar-refractivity contribution is 0.0576. The fourth-order valence-corrected chi connectivity index (χ4v) is 2.55. The average Bonchev–Trinajstić information content (AvgIpc) is 2.46. The zero-order valence-corrected chi connectivity index (χ0v) is 12.9. The third-order valence-electron chi connectivity index (χ3n) is 3.72. The Labute approximate surface area is 122 Å². The van der Waals surface area contributed by atoms with Crippen molar-refractivity contribution < 1.29 is 4.74 Å². The van der Waals surface area contributed by atoms with Crippen molar-refractivity contribution in [3.8, 4) is 0 Å². The Morgan fingerprint density at radius 2 is 2.35 bits per heavy atom. The predicted octanol–water partition coefficient (Wildman–Crippen LogP) is 2.44. The minimum Gasteiger partial charge on any atom is -0.381 e. The van der Waals surface area contributed by atoms with Crippen molar-refractivity contribution in [2.24, 2.45) is 5.92 Å². The largest absolute Gasteiger partial charge is 0.381 e. The molecule has 112 valence electrons. The van der Waals surface area contributed by atoms with E-state index in [1.807, 2.05) is 6.20 Å². The molecule has 1 unspecified atom stereocenters. The highest BCUT2D eigenvalue weighted by Gasteiger charge is 2.16. The van der Waals surface area contributed by atoms with E-state index in [0.717, 1.165) is 32.0 Å². The molecule has 0 amide bonds. The fourth-order valence-electron chi connectivity index (χ4n) is 2.55. The van der Waals surface area contributed by atoms with Gasteiger partial charge in [-0.3, -0.25) is 4.98 Å². The summed E-state index contributed by atoms with van der Waals surface area (Å²) in [6.07, 6.45) is 4.37. The third kappa shape index (κ3) is 4.76. The standard InChI is InChI=1S/C16H27N3O/c1-13(2)18-10-15-9-16(6-7-17-15)19(3)11-14-5-4-8-20-12-14/h6-7,9,13-14,18H,4-5,8,10-12H2,1-3H3. The number of hydrogen-bond acceptors (Lipinski definition) is 4. The smallest absolute Gasteiger partial charge is 0.0562 e. The summed E-state index contributed by atoms with van der Waals surface area (Å²) in [5, 5.41) is 3.41. The van der Waals surface area contributed by atoms with Crippen LogP contribution in [0.15, 0.2) is 18.3 Å². The molecule has 1 aliphatic rings. The molecule has 2 heterocycles. The molecule has 1 atom stereocenters. The first-order chi connectivity index (χ1) is 9.65. The number of hydrogen-bond donors (Lipinski definition) is 1. The molecular weight excluding hydrogens is 250 g/mol. The number of pyridine rings is 1.